The molecular weight excluding hydrogens is 404 g/mol. The van der Waals surface area contributed by atoms with Crippen molar-refractivity contribution in [3.63, 3.8) is 0 Å². The zero-order valence-corrected chi connectivity index (χ0v) is 17.7. The van der Waals surface area contributed by atoms with Crippen LogP contribution in [0.3, 0.4) is 0 Å². The second-order valence-electron chi connectivity index (χ2n) is 7.91. The summed E-state index contributed by atoms with van der Waals surface area (Å²) >= 11 is 0. The molecule has 6 heteroatoms. The van der Waals surface area contributed by atoms with Gasteiger partial charge in [0.15, 0.2) is 23.0 Å². The third-order valence-corrected chi connectivity index (χ3v) is 5.85. The molecule has 0 atom stereocenters. The minimum absolute atomic E-state index is 0.269. The lowest BCUT2D eigenvalue weighted by molar-refractivity contribution is 0.173. The molecule has 0 aliphatic carbocycles. The van der Waals surface area contributed by atoms with E-state index in [0.717, 1.165) is 67.1 Å². The molecule has 0 saturated heterocycles. The van der Waals surface area contributed by atoms with Gasteiger partial charge in [-0.3, -0.25) is 0 Å². The predicted octanol–water partition coefficient (Wildman–Crippen LogP) is 5.68. The number of hydrogen-bond donors (Lipinski definition) is 0. The molecule has 2 heterocycles. The lowest BCUT2D eigenvalue weighted by Crippen LogP contribution is -1.97. The number of hydrogen-bond acceptors (Lipinski definition) is 6. The minimum atomic E-state index is 0.269. The van der Waals surface area contributed by atoms with E-state index < -0.39 is 0 Å². The first-order valence-corrected chi connectivity index (χ1v) is 10.4. The molecule has 0 fully saturated rings. The summed E-state index contributed by atoms with van der Waals surface area (Å²) in [6.45, 7) is 4.47. The number of nitrogens with zero attached hydrogens (tertiary/aromatic N) is 2. The summed E-state index contributed by atoms with van der Waals surface area (Å²) in [6.07, 6.45) is 0. The number of ether oxygens (including phenoxy) is 4. The first kappa shape index (κ1) is 18.7. The molecule has 0 bridgehead atoms. The van der Waals surface area contributed by atoms with E-state index in [9.17, 15) is 0 Å². The molecule has 0 spiro atoms. The summed E-state index contributed by atoms with van der Waals surface area (Å²) in [5, 5.41) is 13.3. The molecule has 0 saturated carbocycles. The number of benzene rings is 4. The van der Waals surface area contributed by atoms with Gasteiger partial charge in [0.1, 0.15) is 0 Å². The largest absolute Gasteiger partial charge is 0.454 e. The van der Waals surface area contributed by atoms with Crippen molar-refractivity contribution < 1.29 is 18.9 Å². The molecular formula is C26H20N2O4. The van der Waals surface area contributed by atoms with Crippen LogP contribution in [0.25, 0.3) is 21.5 Å². The van der Waals surface area contributed by atoms with Crippen molar-refractivity contribution in [1.82, 2.24) is 0 Å². The van der Waals surface area contributed by atoms with Crippen LogP contribution in [0, 0.1) is 0 Å². The normalized spacial score (nSPS) is 15.1. The molecule has 4 aromatic carbocycles. The van der Waals surface area contributed by atoms with Crippen molar-refractivity contribution in [2.75, 3.05) is 13.6 Å². The van der Waals surface area contributed by atoms with Crippen LogP contribution < -0.4 is 18.9 Å². The van der Waals surface area contributed by atoms with Gasteiger partial charge < -0.3 is 18.9 Å². The van der Waals surface area contributed by atoms with Crippen molar-refractivity contribution >= 4 is 33.0 Å². The van der Waals surface area contributed by atoms with Gasteiger partial charge in [0.25, 0.3) is 0 Å². The van der Waals surface area contributed by atoms with Crippen molar-refractivity contribution in [3.05, 3.63) is 71.8 Å². The molecule has 4 aromatic rings. The lowest BCUT2D eigenvalue weighted by atomic mass is 10.0. The van der Waals surface area contributed by atoms with Gasteiger partial charge in [-0.1, -0.05) is 24.3 Å². The smallest absolute Gasteiger partial charge is 0.231 e. The van der Waals surface area contributed by atoms with Crippen LogP contribution in [0.1, 0.15) is 25.0 Å². The maximum Gasteiger partial charge on any atom is 0.231 e. The summed E-state index contributed by atoms with van der Waals surface area (Å²) < 4.78 is 21.9. The van der Waals surface area contributed by atoms with E-state index in [2.05, 4.69) is 34.5 Å². The van der Waals surface area contributed by atoms with Crippen LogP contribution in [0.5, 0.6) is 23.0 Å². The molecule has 0 amide bonds. The Bertz CT molecular complexity index is 1340. The van der Waals surface area contributed by atoms with E-state index in [4.69, 9.17) is 18.9 Å². The monoisotopic (exact) mass is 424 g/mol. The summed E-state index contributed by atoms with van der Waals surface area (Å²) in [5.74, 6) is 3.12. The van der Waals surface area contributed by atoms with Gasteiger partial charge in [-0.25, -0.2) is 0 Å². The van der Waals surface area contributed by atoms with Crippen molar-refractivity contribution in [1.29, 1.82) is 0 Å². The molecule has 32 heavy (non-hydrogen) atoms. The zero-order valence-electron chi connectivity index (χ0n) is 17.7. The van der Waals surface area contributed by atoms with Crippen LogP contribution in [0.4, 0.5) is 0 Å². The quantitative estimate of drug-likeness (QED) is 0.313. The first-order valence-electron chi connectivity index (χ1n) is 10.4. The molecule has 158 valence electrons. The molecule has 2 aliphatic heterocycles. The van der Waals surface area contributed by atoms with Crippen LogP contribution in [-0.2, 0) is 0 Å². The highest BCUT2D eigenvalue weighted by molar-refractivity contribution is 6.05. The van der Waals surface area contributed by atoms with Gasteiger partial charge in [0, 0.05) is 0 Å². The van der Waals surface area contributed by atoms with Gasteiger partial charge in [0.05, 0.1) is 11.4 Å². The maximum absolute atomic E-state index is 5.50. The second kappa shape index (κ2) is 7.27. The fourth-order valence-electron chi connectivity index (χ4n) is 3.99. The average molecular weight is 424 g/mol. The highest BCUT2D eigenvalue weighted by Gasteiger charge is 2.15. The minimum Gasteiger partial charge on any atom is -0.454 e. The summed E-state index contributed by atoms with van der Waals surface area (Å²) in [5.41, 5.74) is 3.71. The Morgan fingerprint density at radius 3 is 1.31 bits per heavy atom. The van der Waals surface area contributed by atoms with Crippen molar-refractivity contribution in [2.24, 2.45) is 10.2 Å². The zero-order chi connectivity index (χ0) is 21.7. The van der Waals surface area contributed by atoms with Crippen molar-refractivity contribution in [2.45, 2.75) is 13.8 Å². The number of fused-ring (bicyclic) bond motifs is 4. The van der Waals surface area contributed by atoms with Crippen molar-refractivity contribution in [3.8, 4) is 23.0 Å². The average Bonchev–Trinajstić information content (AvgIpc) is 3.46. The lowest BCUT2D eigenvalue weighted by Gasteiger charge is -2.06. The van der Waals surface area contributed by atoms with E-state index in [1.165, 1.54) is 0 Å². The Balaban J connectivity index is 1.30. The Labute approximate surface area is 184 Å². The van der Waals surface area contributed by atoms with E-state index in [-0.39, 0.29) is 13.6 Å². The van der Waals surface area contributed by atoms with E-state index in [0.29, 0.717) is 0 Å². The van der Waals surface area contributed by atoms with E-state index >= 15 is 0 Å². The highest BCUT2D eigenvalue weighted by atomic mass is 16.7. The third kappa shape index (κ3) is 3.21. The molecule has 0 unspecified atom stereocenters. The fraction of sp³-hybridized carbons (Fsp3) is 0.154. The molecule has 6 rings (SSSR count). The molecule has 6 nitrogen and oxygen atoms in total. The Morgan fingerprint density at radius 1 is 0.531 bits per heavy atom. The van der Waals surface area contributed by atoms with Crippen LogP contribution in [-0.4, -0.2) is 25.0 Å². The summed E-state index contributed by atoms with van der Waals surface area (Å²) in [6, 6.07) is 20.4. The van der Waals surface area contributed by atoms with Crippen LogP contribution in [0.15, 0.2) is 70.9 Å². The Morgan fingerprint density at radius 2 is 0.906 bits per heavy atom. The van der Waals surface area contributed by atoms with E-state index in [1.54, 1.807) is 0 Å². The van der Waals surface area contributed by atoms with Crippen LogP contribution in [0.2, 0.25) is 0 Å². The van der Waals surface area contributed by atoms with Gasteiger partial charge in [0.2, 0.25) is 13.6 Å². The predicted molar refractivity (Wildman–Crippen MR) is 125 cm³/mol. The molecule has 0 aromatic heterocycles. The van der Waals surface area contributed by atoms with Gasteiger partial charge >= 0.3 is 0 Å². The Kier molecular flexibility index (Phi) is 4.24. The summed E-state index contributed by atoms with van der Waals surface area (Å²) in [4.78, 5) is 0. The highest BCUT2D eigenvalue weighted by Crippen LogP contribution is 2.37. The topological polar surface area (TPSA) is 61.6 Å². The molecule has 0 N–H and O–H groups in total. The summed E-state index contributed by atoms with van der Waals surface area (Å²) in [7, 11) is 0. The maximum atomic E-state index is 5.50. The SMILES string of the molecule is C/C(=N/N=C(\C)c1ccc2cc3c(cc2c1)OCO3)c1ccc2cc3c(cc2c1)OCO3. The first-order chi connectivity index (χ1) is 15.6. The number of rotatable bonds is 3. The van der Waals surface area contributed by atoms with Gasteiger partial charge in [-0.15, -0.1) is 0 Å². The van der Waals surface area contributed by atoms with Gasteiger partial charge in [-0.2, -0.15) is 10.2 Å². The van der Waals surface area contributed by atoms with E-state index in [1.807, 2.05) is 50.2 Å². The molecule has 2 aliphatic rings. The standard InChI is InChI=1S/C26H20N2O4/c1-15(17-3-5-19-9-23-25(31-13-29-23)11-21(19)7-17)27-28-16(2)18-4-6-20-10-24-26(32-14-30-24)12-22(20)8-18/h3-12H,13-14H2,1-2H3/b27-15-,28-16+. The molecule has 0 radical (unpaired) electrons. The second-order valence-corrected chi connectivity index (χ2v) is 7.91. The Hall–Kier alpha value is -4.06. The fourth-order valence-corrected chi connectivity index (χ4v) is 3.99. The van der Waals surface area contributed by atoms with Crippen LogP contribution >= 0.6 is 0 Å². The van der Waals surface area contributed by atoms with Gasteiger partial charge in [-0.05, 0) is 82.9 Å². The third-order valence-electron chi connectivity index (χ3n) is 5.85.